The molecule has 1 aliphatic carbocycles. The minimum atomic E-state index is -0.527. The van der Waals surface area contributed by atoms with Gasteiger partial charge in [0.2, 0.25) is 0 Å². The molecule has 3 rings (SSSR count). The molecule has 0 atom stereocenters. The highest BCUT2D eigenvalue weighted by atomic mass is 16.3. The number of nitrogens with zero attached hydrogens (tertiary/aromatic N) is 2. The molecular weight excluding hydrogens is 302 g/mol. The van der Waals surface area contributed by atoms with Crippen LogP contribution in [0.5, 0.6) is 5.75 Å². The fraction of sp³-hybridized carbons (Fsp3) is 0.105. The number of carbonyl (C=O) groups excluding carboxylic acids is 1. The van der Waals surface area contributed by atoms with Gasteiger partial charge in [-0.05, 0) is 47.2 Å². The van der Waals surface area contributed by atoms with Gasteiger partial charge in [0.1, 0.15) is 17.4 Å². The molecule has 0 spiro atoms. The van der Waals surface area contributed by atoms with E-state index in [2.05, 4.69) is 10.5 Å². The van der Waals surface area contributed by atoms with Crippen molar-refractivity contribution in [3.8, 4) is 11.8 Å². The van der Waals surface area contributed by atoms with Crippen LogP contribution in [0.1, 0.15) is 23.1 Å². The number of nitriles is 1. The van der Waals surface area contributed by atoms with Crippen molar-refractivity contribution < 1.29 is 9.90 Å². The number of benzene rings is 2. The number of carbonyl (C=O) groups is 1. The third-order valence-electron chi connectivity index (χ3n) is 3.88. The van der Waals surface area contributed by atoms with Crippen LogP contribution in [0.25, 0.3) is 5.57 Å². The Hall–Kier alpha value is -3.39. The molecule has 118 valence electrons. The van der Waals surface area contributed by atoms with Gasteiger partial charge in [0.15, 0.2) is 0 Å². The Morgan fingerprint density at radius 2 is 2.04 bits per heavy atom. The van der Waals surface area contributed by atoms with Gasteiger partial charge in [-0.1, -0.05) is 36.4 Å². The van der Waals surface area contributed by atoms with Crippen molar-refractivity contribution in [3.05, 3.63) is 70.8 Å². The largest absolute Gasteiger partial charge is 0.508 e. The van der Waals surface area contributed by atoms with Crippen LogP contribution in [0.15, 0.2) is 59.2 Å². The molecule has 2 N–H and O–H groups in total. The molecule has 5 nitrogen and oxygen atoms in total. The molecule has 0 radical (unpaired) electrons. The molecule has 0 unspecified atom stereocenters. The second-order valence-corrected chi connectivity index (χ2v) is 5.42. The number of rotatable bonds is 3. The summed E-state index contributed by atoms with van der Waals surface area (Å²) in [5, 5.41) is 22.6. The average Bonchev–Trinajstić information content (AvgIpc) is 3.00. The van der Waals surface area contributed by atoms with E-state index in [1.165, 1.54) is 12.3 Å². The lowest BCUT2D eigenvalue weighted by atomic mass is 10.0. The smallest absolute Gasteiger partial charge is 0.282 e. The molecule has 0 saturated carbocycles. The summed E-state index contributed by atoms with van der Waals surface area (Å²) in [5.74, 6) is -0.409. The number of aryl methyl sites for hydroxylation is 1. The maximum atomic E-state index is 12.3. The minimum absolute atomic E-state index is 0.0907. The third kappa shape index (κ3) is 3.18. The Morgan fingerprint density at radius 1 is 1.21 bits per heavy atom. The van der Waals surface area contributed by atoms with Crippen LogP contribution in [0.2, 0.25) is 0 Å². The normalized spacial score (nSPS) is 15.0. The van der Waals surface area contributed by atoms with Gasteiger partial charge in [-0.2, -0.15) is 10.4 Å². The summed E-state index contributed by atoms with van der Waals surface area (Å²) in [6.45, 7) is 0. The van der Waals surface area contributed by atoms with E-state index in [9.17, 15) is 15.2 Å². The van der Waals surface area contributed by atoms with E-state index < -0.39 is 5.91 Å². The summed E-state index contributed by atoms with van der Waals surface area (Å²) in [6.07, 6.45) is 2.92. The van der Waals surface area contributed by atoms with Crippen LogP contribution in [0.3, 0.4) is 0 Å². The molecule has 0 aliphatic heterocycles. The molecule has 1 aliphatic rings. The number of phenolic OH excluding ortho intramolecular Hbond substituents is 1. The average molecular weight is 317 g/mol. The summed E-state index contributed by atoms with van der Waals surface area (Å²) in [7, 11) is 0. The quantitative estimate of drug-likeness (QED) is 0.395. The maximum Gasteiger partial charge on any atom is 0.282 e. The number of hydrazone groups is 1. The molecule has 0 heterocycles. The van der Waals surface area contributed by atoms with E-state index in [4.69, 9.17) is 0 Å². The summed E-state index contributed by atoms with van der Waals surface area (Å²) in [5.41, 5.74) is 5.99. The van der Waals surface area contributed by atoms with Crippen LogP contribution in [0.4, 0.5) is 0 Å². The first-order chi connectivity index (χ1) is 11.7. The summed E-state index contributed by atoms with van der Waals surface area (Å²) in [6, 6.07) is 16.3. The Bertz CT molecular complexity index is 891. The van der Waals surface area contributed by atoms with E-state index in [-0.39, 0.29) is 11.3 Å². The molecule has 0 bridgehead atoms. The summed E-state index contributed by atoms with van der Waals surface area (Å²) >= 11 is 0. The number of hydrogen-bond acceptors (Lipinski definition) is 4. The molecule has 2 aromatic carbocycles. The van der Waals surface area contributed by atoms with Crippen molar-refractivity contribution in [2.24, 2.45) is 5.10 Å². The van der Waals surface area contributed by atoms with Crippen molar-refractivity contribution in [1.29, 1.82) is 5.26 Å². The summed E-state index contributed by atoms with van der Waals surface area (Å²) in [4.78, 5) is 12.3. The Morgan fingerprint density at radius 3 is 2.83 bits per heavy atom. The highest BCUT2D eigenvalue weighted by Crippen LogP contribution is 2.34. The molecule has 0 fully saturated rings. The number of phenols is 1. The Balaban J connectivity index is 1.79. The van der Waals surface area contributed by atoms with Crippen LogP contribution in [-0.4, -0.2) is 17.2 Å². The number of amides is 1. The monoisotopic (exact) mass is 317 g/mol. The molecule has 2 aromatic rings. The maximum absolute atomic E-state index is 12.3. The van der Waals surface area contributed by atoms with E-state index in [1.54, 1.807) is 18.2 Å². The van der Waals surface area contributed by atoms with Gasteiger partial charge in [-0.3, -0.25) is 4.79 Å². The van der Waals surface area contributed by atoms with Crippen LogP contribution < -0.4 is 5.43 Å². The van der Waals surface area contributed by atoms with Crippen molar-refractivity contribution >= 4 is 17.7 Å². The van der Waals surface area contributed by atoms with Crippen molar-refractivity contribution in [1.82, 2.24) is 5.43 Å². The predicted octanol–water partition coefficient (Wildman–Crippen LogP) is 2.77. The molecule has 1 amide bonds. The molecule has 0 aromatic heterocycles. The van der Waals surface area contributed by atoms with E-state index in [0.29, 0.717) is 12.0 Å². The number of aromatic hydroxyl groups is 1. The molecular formula is C19H15N3O2. The van der Waals surface area contributed by atoms with Crippen LogP contribution >= 0.6 is 0 Å². The van der Waals surface area contributed by atoms with E-state index >= 15 is 0 Å². The van der Waals surface area contributed by atoms with Gasteiger partial charge < -0.3 is 5.11 Å². The van der Waals surface area contributed by atoms with Crippen LogP contribution in [0, 0.1) is 11.3 Å². The number of hydrogen-bond donors (Lipinski definition) is 2. The zero-order chi connectivity index (χ0) is 16.9. The lowest BCUT2D eigenvalue weighted by Crippen LogP contribution is -2.20. The van der Waals surface area contributed by atoms with E-state index in [0.717, 1.165) is 23.1 Å². The number of allylic oxidation sites excluding steroid dienone is 1. The van der Waals surface area contributed by atoms with Crippen molar-refractivity contribution in [3.63, 3.8) is 0 Å². The minimum Gasteiger partial charge on any atom is -0.508 e. The first-order valence-electron chi connectivity index (χ1n) is 7.53. The van der Waals surface area contributed by atoms with Crippen molar-refractivity contribution in [2.75, 3.05) is 0 Å². The SMILES string of the molecule is N#CC(C(=O)NN=Cc1cccc(O)c1)=C1CCc2ccccc21. The van der Waals surface area contributed by atoms with Gasteiger partial charge in [0.25, 0.3) is 5.91 Å². The Kier molecular flexibility index (Phi) is 4.39. The number of nitrogens with one attached hydrogen (secondary N) is 1. The van der Waals surface area contributed by atoms with Gasteiger partial charge in [-0.25, -0.2) is 5.43 Å². The van der Waals surface area contributed by atoms with E-state index in [1.807, 2.05) is 30.3 Å². The fourth-order valence-corrected chi connectivity index (χ4v) is 2.77. The Labute approximate surface area is 139 Å². The highest BCUT2D eigenvalue weighted by Gasteiger charge is 2.22. The van der Waals surface area contributed by atoms with Gasteiger partial charge in [0, 0.05) is 0 Å². The molecule has 5 heteroatoms. The summed E-state index contributed by atoms with van der Waals surface area (Å²) < 4.78 is 0. The van der Waals surface area contributed by atoms with Gasteiger partial charge in [-0.15, -0.1) is 0 Å². The van der Waals surface area contributed by atoms with Gasteiger partial charge in [0.05, 0.1) is 6.21 Å². The third-order valence-corrected chi connectivity index (χ3v) is 3.88. The zero-order valence-electron chi connectivity index (χ0n) is 12.9. The topological polar surface area (TPSA) is 85.5 Å². The highest BCUT2D eigenvalue weighted by molar-refractivity contribution is 6.05. The fourth-order valence-electron chi connectivity index (χ4n) is 2.77. The first kappa shape index (κ1) is 15.5. The van der Waals surface area contributed by atoms with Gasteiger partial charge >= 0.3 is 0 Å². The lowest BCUT2D eigenvalue weighted by molar-refractivity contribution is -0.117. The predicted molar refractivity (Wildman–Crippen MR) is 91.1 cm³/mol. The standard InChI is InChI=1S/C19H15N3O2/c20-11-18(17-9-8-14-5-1-2-7-16(14)17)19(24)22-21-12-13-4-3-6-15(23)10-13/h1-7,10,12,23H,8-9H2,(H,22,24). The molecule has 0 saturated heterocycles. The second kappa shape index (κ2) is 6.80. The first-order valence-corrected chi connectivity index (χ1v) is 7.53. The van der Waals surface area contributed by atoms with Crippen molar-refractivity contribution in [2.45, 2.75) is 12.8 Å². The molecule has 24 heavy (non-hydrogen) atoms. The lowest BCUT2D eigenvalue weighted by Gasteiger charge is -2.04. The zero-order valence-corrected chi connectivity index (χ0v) is 12.9. The second-order valence-electron chi connectivity index (χ2n) is 5.42. The number of fused-ring (bicyclic) bond motifs is 1. The van der Waals surface area contributed by atoms with Crippen LogP contribution in [-0.2, 0) is 11.2 Å².